The van der Waals surface area contributed by atoms with Crippen LogP contribution in [0.3, 0.4) is 0 Å². The summed E-state index contributed by atoms with van der Waals surface area (Å²) >= 11 is 1.84. The molecule has 1 N–H and O–H groups in total. The summed E-state index contributed by atoms with van der Waals surface area (Å²) in [5.74, 6) is 1.66. The molecule has 30 heavy (non-hydrogen) atoms. The molecule has 0 bridgehead atoms. The molecule has 0 fully saturated rings. The molecule has 3 nitrogen and oxygen atoms in total. The largest absolute Gasteiger partial charge is 0.497 e. The number of methoxy groups -OCH3 is 1. The van der Waals surface area contributed by atoms with Gasteiger partial charge >= 0.3 is 0 Å². The minimum absolute atomic E-state index is 0.816. The van der Waals surface area contributed by atoms with E-state index in [1.807, 2.05) is 35.6 Å². The first kappa shape index (κ1) is 17.2. The highest BCUT2D eigenvalue weighted by Gasteiger charge is 2.14. The minimum Gasteiger partial charge on any atom is -0.497 e. The molecule has 6 aromatic rings. The van der Waals surface area contributed by atoms with Crippen molar-refractivity contribution in [2.75, 3.05) is 7.11 Å². The van der Waals surface area contributed by atoms with Crippen molar-refractivity contribution in [2.24, 2.45) is 0 Å². The molecule has 2 aromatic heterocycles. The standard InChI is InChI=1S/C26H18N2OS/c1-29-17-11-12-18(21(15-17)26-27-22-7-3-4-8-23(22)28-26)16-10-13-25-20(14-16)19-6-2-5-9-24(19)30-25/h2-15H,1H3,(H,27,28). The fourth-order valence-corrected chi connectivity index (χ4v) is 5.16. The maximum Gasteiger partial charge on any atom is 0.139 e. The number of hydrogen-bond acceptors (Lipinski definition) is 3. The van der Waals surface area contributed by atoms with Gasteiger partial charge in [0.1, 0.15) is 11.6 Å². The number of nitrogens with zero attached hydrogens (tertiary/aromatic N) is 1. The Labute approximate surface area is 177 Å². The van der Waals surface area contributed by atoms with Crippen molar-refractivity contribution in [3.05, 3.63) is 84.9 Å². The van der Waals surface area contributed by atoms with E-state index in [1.165, 1.54) is 25.7 Å². The summed E-state index contributed by atoms with van der Waals surface area (Å²) in [7, 11) is 1.70. The number of imidazole rings is 1. The second-order valence-electron chi connectivity index (χ2n) is 7.32. The minimum atomic E-state index is 0.816. The van der Waals surface area contributed by atoms with Crippen LogP contribution in [0.4, 0.5) is 0 Å². The van der Waals surface area contributed by atoms with Gasteiger partial charge in [0, 0.05) is 25.7 Å². The van der Waals surface area contributed by atoms with Gasteiger partial charge in [0.15, 0.2) is 0 Å². The normalized spacial score (nSPS) is 11.5. The van der Waals surface area contributed by atoms with Crippen LogP contribution in [0.25, 0.3) is 53.7 Å². The van der Waals surface area contributed by atoms with Crippen LogP contribution >= 0.6 is 11.3 Å². The fraction of sp³-hybridized carbons (Fsp3) is 0.0385. The molecule has 0 spiro atoms. The molecule has 0 aliphatic heterocycles. The summed E-state index contributed by atoms with van der Waals surface area (Å²) in [6, 6.07) is 29.6. The molecule has 4 aromatic carbocycles. The SMILES string of the molecule is COc1ccc(-c2ccc3sc4ccccc4c3c2)c(-c2nc3ccccc3[nH]2)c1. The number of aromatic amines is 1. The Morgan fingerprint density at radius 1 is 0.767 bits per heavy atom. The van der Waals surface area contributed by atoms with Crippen LogP contribution in [0, 0.1) is 0 Å². The highest BCUT2D eigenvalue weighted by Crippen LogP contribution is 2.39. The van der Waals surface area contributed by atoms with E-state index in [1.54, 1.807) is 7.11 Å². The predicted octanol–water partition coefficient (Wildman–Crippen LogP) is 7.27. The van der Waals surface area contributed by atoms with Gasteiger partial charge in [-0.3, -0.25) is 0 Å². The van der Waals surface area contributed by atoms with Crippen LogP contribution < -0.4 is 4.74 Å². The van der Waals surface area contributed by atoms with Gasteiger partial charge in [0.25, 0.3) is 0 Å². The molecule has 2 heterocycles. The van der Waals surface area contributed by atoms with Crippen molar-refractivity contribution < 1.29 is 4.74 Å². The van der Waals surface area contributed by atoms with Crippen LogP contribution in [0.1, 0.15) is 0 Å². The van der Waals surface area contributed by atoms with Gasteiger partial charge in [-0.15, -0.1) is 11.3 Å². The number of nitrogens with one attached hydrogen (secondary N) is 1. The number of benzene rings is 4. The second-order valence-corrected chi connectivity index (χ2v) is 8.41. The van der Waals surface area contributed by atoms with Crippen molar-refractivity contribution in [3.63, 3.8) is 0 Å². The number of fused-ring (bicyclic) bond motifs is 4. The monoisotopic (exact) mass is 406 g/mol. The summed E-state index contributed by atoms with van der Waals surface area (Å²) in [5, 5.41) is 2.60. The molecule has 0 saturated heterocycles. The van der Waals surface area contributed by atoms with Gasteiger partial charge in [-0.25, -0.2) is 4.98 Å². The lowest BCUT2D eigenvalue weighted by atomic mass is 9.97. The molecular formula is C26H18N2OS. The molecule has 0 saturated carbocycles. The average molecular weight is 407 g/mol. The fourth-order valence-electron chi connectivity index (χ4n) is 4.07. The average Bonchev–Trinajstić information content (AvgIpc) is 3.39. The molecule has 4 heteroatoms. The van der Waals surface area contributed by atoms with E-state index >= 15 is 0 Å². The van der Waals surface area contributed by atoms with E-state index in [9.17, 15) is 0 Å². The summed E-state index contributed by atoms with van der Waals surface area (Å²) in [6.45, 7) is 0. The lowest BCUT2D eigenvalue weighted by Gasteiger charge is -2.11. The van der Waals surface area contributed by atoms with E-state index in [4.69, 9.17) is 9.72 Å². The third kappa shape index (κ3) is 2.69. The van der Waals surface area contributed by atoms with Crippen LogP contribution in [0.15, 0.2) is 84.9 Å². The Balaban J connectivity index is 1.59. The number of ether oxygens (including phenoxy) is 1. The zero-order valence-electron chi connectivity index (χ0n) is 16.3. The predicted molar refractivity (Wildman–Crippen MR) is 126 cm³/mol. The number of rotatable bonds is 3. The van der Waals surface area contributed by atoms with Crippen LogP contribution in [-0.4, -0.2) is 17.1 Å². The third-order valence-electron chi connectivity index (χ3n) is 5.56. The first-order valence-corrected chi connectivity index (χ1v) is 10.7. The summed E-state index contributed by atoms with van der Waals surface area (Å²) in [6.07, 6.45) is 0. The Bertz CT molecular complexity index is 1510. The van der Waals surface area contributed by atoms with E-state index in [0.29, 0.717) is 0 Å². The van der Waals surface area contributed by atoms with Crippen LogP contribution in [0.5, 0.6) is 5.75 Å². The molecule has 0 atom stereocenters. The van der Waals surface area contributed by atoms with Crippen LogP contribution in [-0.2, 0) is 0 Å². The van der Waals surface area contributed by atoms with Gasteiger partial charge in [-0.1, -0.05) is 36.4 Å². The third-order valence-corrected chi connectivity index (χ3v) is 6.71. The van der Waals surface area contributed by atoms with Gasteiger partial charge in [-0.05, 0) is 59.7 Å². The smallest absolute Gasteiger partial charge is 0.139 e. The van der Waals surface area contributed by atoms with E-state index in [-0.39, 0.29) is 0 Å². The quantitative estimate of drug-likeness (QED) is 0.335. The van der Waals surface area contributed by atoms with Crippen LogP contribution in [0.2, 0.25) is 0 Å². The topological polar surface area (TPSA) is 37.9 Å². The summed E-state index contributed by atoms with van der Waals surface area (Å²) < 4.78 is 8.14. The van der Waals surface area contributed by atoms with Crippen molar-refractivity contribution in [2.45, 2.75) is 0 Å². The second kappa shape index (κ2) is 6.71. The number of para-hydroxylation sites is 2. The first-order valence-electron chi connectivity index (χ1n) is 9.85. The molecule has 144 valence electrons. The zero-order valence-corrected chi connectivity index (χ0v) is 17.2. The highest BCUT2D eigenvalue weighted by molar-refractivity contribution is 7.25. The molecule has 0 unspecified atom stereocenters. The summed E-state index contributed by atoms with van der Waals surface area (Å²) in [5.41, 5.74) is 5.32. The van der Waals surface area contributed by atoms with E-state index in [0.717, 1.165) is 33.7 Å². The Hall–Kier alpha value is -3.63. The molecule has 0 amide bonds. The molecule has 0 aliphatic carbocycles. The maximum absolute atomic E-state index is 5.52. The molecular weight excluding hydrogens is 388 g/mol. The Morgan fingerprint density at radius 3 is 2.50 bits per heavy atom. The number of H-pyrrole nitrogens is 1. The molecule has 0 radical (unpaired) electrons. The van der Waals surface area contributed by atoms with Crippen molar-refractivity contribution in [1.29, 1.82) is 0 Å². The van der Waals surface area contributed by atoms with Crippen molar-refractivity contribution >= 4 is 42.5 Å². The highest BCUT2D eigenvalue weighted by atomic mass is 32.1. The van der Waals surface area contributed by atoms with Gasteiger partial charge in [0.05, 0.1) is 18.1 Å². The molecule has 0 aliphatic rings. The lowest BCUT2D eigenvalue weighted by Crippen LogP contribution is -1.90. The number of aromatic nitrogens is 2. The van der Waals surface area contributed by atoms with Gasteiger partial charge in [-0.2, -0.15) is 0 Å². The Morgan fingerprint density at radius 2 is 1.60 bits per heavy atom. The maximum atomic E-state index is 5.52. The number of thiophene rings is 1. The zero-order chi connectivity index (χ0) is 20.1. The van der Waals surface area contributed by atoms with Crippen molar-refractivity contribution in [1.82, 2.24) is 9.97 Å². The number of hydrogen-bond donors (Lipinski definition) is 1. The van der Waals surface area contributed by atoms with Gasteiger partial charge < -0.3 is 9.72 Å². The first-order chi connectivity index (χ1) is 14.8. The van der Waals surface area contributed by atoms with Gasteiger partial charge in [0.2, 0.25) is 0 Å². The lowest BCUT2D eigenvalue weighted by molar-refractivity contribution is 0.415. The Kier molecular flexibility index (Phi) is 3.86. The summed E-state index contributed by atoms with van der Waals surface area (Å²) in [4.78, 5) is 8.31. The van der Waals surface area contributed by atoms with E-state index < -0.39 is 0 Å². The van der Waals surface area contributed by atoms with Crippen molar-refractivity contribution in [3.8, 4) is 28.3 Å². The molecule has 6 rings (SSSR count). The van der Waals surface area contributed by atoms with E-state index in [2.05, 4.69) is 65.6 Å².